The molecule has 3 aromatic rings. The first-order valence-electron chi connectivity index (χ1n) is 6.64. The number of hydrogen-bond acceptors (Lipinski definition) is 6. The highest BCUT2D eigenvalue weighted by molar-refractivity contribution is 7.89. The average molecular weight is 318 g/mol. The zero-order valence-electron chi connectivity index (χ0n) is 11.9. The van der Waals surface area contributed by atoms with Gasteiger partial charge >= 0.3 is 0 Å². The van der Waals surface area contributed by atoms with Crippen molar-refractivity contribution in [1.82, 2.24) is 10.1 Å². The summed E-state index contributed by atoms with van der Waals surface area (Å²) >= 11 is 0. The standard InChI is InChI=1S/C15H14N2O4S/c1-11-7-14(21-17-11)10-22(18,19)9-13-8-20-15(16-13)12-5-3-2-4-6-12/h2-8H,9-10H2,1H3. The van der Waals surface area contributed by atoms with Crippen molar-refractivity contribution in [2.75, 3.05) is 0 Å². The van der Waals surface area contributed by atoms with Gasteiger partial charge in [-0.3, -0.25) is 0 Å². The molecular weight excluding hydrogens is 304 g/mol. The number of oxazole rings is 1. The number of aromatic nitrogens is 2. The smallest absolute Gasteiger partial charge is 0.226 e. The minimum Gasteiger partial charge on any atom is -0.444 e. The van der Waals surface area contributed by atoms with Gasteiger partial charge in [-0.05, 0) is 19.1 Å². The number of benzene rings is 1. The zero-order chi connectivity index (χ0) is 15.6. The summed E-state index contributed by atoms with van der Waals surface area (Å²) in [6.07, 6.45) is 1.37. The molecule has 0 bridgehead atoms. The van der Waals surface area contributed by atoms with E-state index >= 15 is 0 Å². The van der Waals surface area contributed by atoms with Gasteiger partial charge in [0.15, 0.2) is 15.6 Å². The summed E-state index contributed by atoms with van der Waals surface area (Å²) in [6, 6.07) is 10.9. The maximum atomic E-state index is 12.2. The molecule has 0 atom stereocenters. The predicted molar refractivity (Wildman–Crippen MR) is 79.5 cm³/mol. The number of aryl methyl sites for hydroxylation is 1. The number of rotatable bonds is 5. The van der Waals surface area contributed by atoms with Crippen molar-refractivity contribution in [2.45, 2.75) is 18.4 Å². The molecule has 0 saturated carbocycles. The van der Waals surface area contributed by atoms with Crippen molar-refractivity contribution < 1.29 is 17.4 Å². The Labute approximate surface area is 127 Å². The molecule has 1 aromatic carbocycles. The van der Waals surface area contributed by atoms with Gasteiger partial charge in [0.2, 0.25) is 5.89 Å². The van der Waals surface area contributed by atoms with Crippen LogP contribution in [0.5, 0.6) is 0 Å². The molecule has 114 valence electrons. The van der Waals surface area contributed by atoms with E-state index in [0.29, 0.717) is 23.0 Å². The molecule has 7 heteroatoms. The first-order valence-corrected chi connectivity index (χ1v) is 8.46. The molecule has 0 unspecified atom stereocenters. The Hall–Kier alpha value is -2.41. The van der Waals surface area contributed by atoms with Crippen LogP contribution in [0.1, 0.15) is 17.1 Å². The number of sulfone groups is 1. The Morgan fingerprint density at radius 2 is 1.91 bits per heavy atom. The third kappa shape index (κ3) is 3.43. The lowest BCUT2D eigenvalue weighted by Gasteiger charge is -1.98. The Bertz CT molecular complexity index is 866. The van der Waals surface area contributed by atoms with Crippen molar-refractivity contribution in [3.8, 4) is 11.5 Å². The highest BCUT2D eigenvalue weighted by Gasteiger charge is 2.19. The molecule has 22 heavy (non-hydrogen) atoms. The maximum Gasteiger partial charge on any atom is 0.226 e. The van der Waals surface area contributed by atoms with Gasteiger partial charge in [-0.15, -0.1) is 0 Å². The van der Waals surface area contributed by atoms with Crippen molar-refractivity contribution >= 4 is 9.84 Å². The molecule has 0 aliphatic rings. The van der Waals surface area contributed by atoms with E-state index in [9.17, 15) is 8.42 Å². The molecule has 0 fully saturated rings. The predicted octanol–water partition coefficient (Wildman–Crippen LogP) is 2.75. The van der Waals surface area contributed by atoms with Gasteiger partial charge in [0.05, 0.1) is 17.1 Å². The first kappa shape index (κ1) is 14.5. The third-order valence-electron chi connectivity index (χ3n) is 2.98. The molecule has 0 aliphatic carbocycles. The minimum absolute atomic E-state index is 0.205. The molecule has 2 heterocycles. The fourth-order valence-corrected chi connectivity index (χ4v) is 3.32. The molecule has 0 amide bonds. The molecule has 0 N–H and O–H groups in total. The van der Waals surface area contributed by atoms with Gasteiger partial charge in [0.1, 0.15) is 12.0 Å². The van der Waals surface area contributed by atoms with Gasteiger partial charge in [-0.2, -0.15) is 0 Å². The molecule has 2 aromatic heterocycles. The summed E-state index contributed by atoms with van der Waals surface area (Å²) in [7, 11) is -3.40. The molecule has 0 radical (unpaired) electrons. The van der Waals surface area contributed by atoms with Crippen molar-refractivity contribution in [3.05, 3.63) is 59.8 Å². The second-order valence-corrected chi connectivity index (χ2v) is 7.04. The fraction of sp³-hybridized carbons (Fsp3) is 0.200. The Balaban J connectivity index is 1.74. The van der Waals surface area contributed by atoms with Crippen LogP contribution in [-0.4, -0.2) is 18.6 Å². The Morgan fingerprint density at radius 1 is 1.14 bits per heavy atom. The minimum atomic E-state index is -3.40. The number of hydrogen-bond donors (Lipinski definition) is 0. The van der Waals surface area contributed by atoms with Crippen molar-refractivity contribution in [1.29, 1.82) is 0 Å². The quantitative estimate of drug-likeness (QED) is 0.719. The highest BCUT2D eigenvalue weighted by atomic mass is 32.2. The van der Waals surface area contributed by atoms with E-state index in [1.54, 1.807) is 13.0 Å². The van der Waals surface area contributed by atoms with Crippen LogP contribution in [0, 0.1) is 6.92 Å². The molecule has 0 aliphatic heterocycles. The SMILES string of the molecule is Cc1cc(CS(=O)(=O)Cc2coc(-c3ccccc3)n2)on1. The molecule has 3 rings (SSSR count). The van der Waals surface area contributed by atoms with E-state index in [1.807, 2.05) is 30.3 Å². The van der Waals surface area contributed by atoms with E-state index in [1.165, 1.54) is 6.26 Å². The Morgan fingerprint density at radius 3 is 2.59 bits per heavy atom. The lowest BCUT2D eigenvalue weighted by Crippen LogP contribution is -2.07. The second-order valence-electron chi connectivity index (χ2n) is 4.98. The second kappa shape index (κ2) is 5.76. The van der Waals surface area contributed by atoms with E-state index in [2.05, 4.69) is 10.1 Å². The van der Waals surface area contributed by atoms with Crippen LogP contribution in [-0.2, 0) is 21.3 Å². The summed E-state index contributed by atoms with van der Waals surface area (Å²) in [6.45, 7) is 1.74. The van der Waals surface area contributed by atoms with Crippen LogP contribution < -0.4 is 0 Å². The summed E-state index contributed by atoms with van der Waals surface area (Å²) in [5.74, 6) is 0.315. The monoisotopic (exact) mass is 318 g/mol. The Kier molecular flexibility index (Phi) is 3.81. The summed E-state index contributed by atoms with van der Waals surface area (Å²) in [5.41, 5.74) is 1.82. The highest BCUT2D eigenvalue weighted by Crippen LogP contribution is 2.20. The summed E-state index contributed by atoms with van der Waals surface area (Å²) in [4.78, 5) is 4.22. The topological polar surface area (TPSA) is 86.2 Å². The third-order valence-corrected chi connectivity index (χ3v) is 4.44. The van der Waals surface area contributed by atoms with E-state index in [4.69, 9.17) is 8.94 Å². The van der Waals surface area contributed by atoms with E-state index in [0.717, 1.165) is 5.56 Å². The zero-order valence-corrected chi connectivity index (χ0v) is 12.7. The largest absolute Gasteiger partial charge is 0.444 e. The normalized spacial score (nSPS) is 11.7. The lowest BCUT2D eigenvalue weighted by molar-refractivity contribution is 0.388. The van der Waals surface area contributed by atoms with Crippen LogP contribution in [0.2, 0.25) is 0 Å². The molecule has 0 saturated heterocycles. The first-order chi connectivity index (χ1) is 10.5. The van der Waals surface area contributed by atoms with Gasteiger partial charge in [-0.25, -0.2) is 13.4 Å². The van der Waals surface area contributed by atoms with E-state index < -0.39 is 9.84 Å². The fourth-order valence-electron chi connectivity index (χ4n) is 2.06. The van der Waals surface area contributed by atoms with Crippen LogP contribution in [0.25, 0.3) is 11.5 Å². The van der Waals surface area contributed by atoms with E-state index in [-0.39, 0.29) is 11.5 Å². The van der Waals surface area contributed by atoms with Crippen LogP contribution in [0.4, 0.5) is 0 Å². The van der Waals surface area contributed by atoms with Gasteiger partial charge < -0.3 is 8.94 Å². The summed E-state index contributed by atoms with van der Waals surface area (Å²) in [5, 5.41) is 3.68. The van der Waals surface area contributed by atoms with Crippen LogP contribution in [0.3, 0.4) is 0 Å². The van der Waals surface area contributed by atoms with Crippen LogP contribution in [0.15, 0.2) is 51.6 Å². The van der Waals surface area contributed by atoms with Gasteiger partial charge in [0.25, 0.3) is 0 Å². The lowest BCUT2D eigenvalue weighted by atomic mass is 10.2. The van der Waals surface area contributed by atoms with Gasteiger partial charge in [-0.1, -0.05) is 23.4 Å². The molecule has 0 spiro atoms. The van der Waals surface area contributed by atoms with Crippen molar-refractivity contribution in [2.24, 2.45) is 0 Å². The average Bonchev–Trinajstić information content (AvgIpc) is 3.08. The number of nitrogens with zero attached hydrogens (tertiary/aromatic N) is 2. The van der Waals surface area contributed by atoms with Crippen LogP contribution >= 0.6 is 0 Å². The maximum absolute atomic E-state index is 12.2. The summed E-state index contributed by atoms with van der Waals surface area (Å²) < 4.78 is 34.6. The van der Waals surface area contributed by atoms with Crippen molar-refractivity contribution in [3.63, 3.8) is 0 Å². The molecule has 6 nitrogen and oxygen atoms in total. The van der Waals surface area contributed by atoms with Gasteiger partial charge in [0, 0.05) is 11.6 Å². The molecular formula is C15H14N2O4S.